The monoisotopic (exact) mass is 347 g/mol. The van der Waals surface area contributed by atoms with Crippen LogP contribution in [0.25, 0.3) is 0 Å². The lowest BCUT2D eigenvalue weighted by Gasteiger charge is -2.16. The van der Waals surface area contributed by atoms with Crippen molar-refractivity contribution < 1.29 is 19.0 Å². The van der Waals surface area contributed by atoms with Gasteiger partial charge in [-0.2, -0.15) is 0 Å². The van der Waals surface area contributed by atoms with E-state index in [2.05, 4.69) is 5.16 Å². The van der Waals surface area contributed by atoms with Gasteiger partial charge < -0.3 is 14.2 Å². The maximum atomic E-state index is 12.5. The highest BCUT2D eigenvalue weighted by atomic mass is 16.6. The van der Waals surface area contributed by atoms with E-state index >= 15 is 0 Å². The van der Waals surface area contributed by atoms with Crippen LogP contribution in [-0.4, -0.2) is 35.0 Å². The second-order valence-electron chi connectivity index (χ2n) is 6.75. The van der Waals surface area contributed by atoms with Crippen LogP contribution >= 0.6 is 0 Å². The highest BCUT2D eigenvalue weighted by molar-refractivity contribution is 5.92. The summed E-state index contributed by atoms with van der Waals surface area (Å²) in [4.78, 5) is 24.5. The number of carbonyl (C=O) groups excluding carboxylic acids is 1. The number of amides is 1. The predicted octanol–water partition coefficient (Wildman–Crippen LogP) is 3.16. The zero-order valence-corrected chi connectivity index (χ0v) is 14.9. The lowest BCUT2D eigenvalue weighted by atomic mass is 9.93. The van der Waals surface area contributed by atoms with E-state index < -0.39 is 4.92 Å². The summed E-state index contributed by atoms with van der Waals surface area (Å²) in [7, 11) is 2.97. The molecule has 25 heavy (non-hydrogen) atoms. The minimum absolute atomic E-state index is 0.141. The van der Waals surface area contributed by atoms with Crippen molar-refractivity contribution in [1.82, 2.24) is 10.1 Å². The number of ether oxygens (including phenoxy) is 1. The number of nitrogens with zero attached hydrogens (tertiary/aromatic N) is 3. The summed E-state index contributed by atoms with van der Waals surface area (Å²) in [6.45, 7) is 6.08. The molecule has 8 heteroatoms. The van der Waals surface area contributed by atoms with Crippen molar-refractivity contribution in [2.45, 2.75) is 32.7 Å². The third-order valence-corrected chi connectivity index (χ3v) is 3.67. The standard InChI is InChI=1S/C17H21N3O5/c1-17(2,3)15-9-12(18-25-15)16(21)19(4)10-11-6-7-14(24-5)13(8-11)20(22)23/h6-9H,10H2,1-5H3. The first-order valence-electron chi connectivity index (χ1n) is 7.67. The van der Waals surface area contributed by atoms with Gasteiger partial charge in [0.1, 0.15) is 5.76 Å². The van der Waals surface area contributed by atoms with E-state index in [0.29, 0.717) is 11.3 Å². The van der Waals surface area contributed by atoms with Crippen molar-refractivity contribution in [2.75, 3.05) is 14.2 Å². The van der Waals surface area contributed by atoms with Crippen LogP contribution in [0.4, 0.5) is 5.69 Å². The Kier molecular flexibility index (Phi) is 5.10. The Morgan fingerprint density at radius 3 is 2.56 bits per heavy atom. The largest absolute Gasteiger partial charge is 0.490 e. The van der Waals surface area contributed by atoms with Gasteiger partial charge in [-0.25, -0.2) is 0 Å². The van der Waals surface area contributed by atoms with Gasteiger partial charge in [0.05, 0.1) is 12.0 Å². The number of hydrogen-bond donors (Lipinski definition) is 0. The van der Waals surface area contributed by atoms with Crippen LogP contribution in [0.2, 0.25) is 0 Å². The second kappa shape index (κ2) is 6.92. The van der Waals surface area contributed by atoms with Crippen LogP contribution in [0, 0.1) is 10.1 Å². The number of carbonyl (C=O) groups is 1. The van der Waals surface area contributed by atoms with E-state index in [1.807, 2.05) is 20.8 Å². The second-order valence-corrected chi connectivity index (χ2v) is 6.75. The lowest BCUT2D eigenvalue weighted by molar-refractivity contribution is -0.385. The Bertz CT molecular complexity index is 792. The Morgan fingerprint density at radius 2 is 2.04 bits per heavy atom. The molecule has 0 saturated heterocycles. The average molecular weight is 347 g/mol. The molecule has 1 aromatic carbocycles. The molecule has 0 radical (unpaired) electrons. The van der Waals surface area contributed by atoms with Gasteiger partial charge in [0.2, 0.25) is 0 Å². The molecule has 2 rings (SSSR count). The van der Waals surface area contributed by atoms with E-state index in [0.717, 1.165) is 0 Å². The van der Waals surface area contributed by atoms with Gasteiger partial charge >= 0.3 is 5.69 Å². The molecular formula is C17H21N3O5. The fourth-order valence-corrected chi connectivity index (χ4v) is 2.25. The van der Waals surface area contributed by atoms with Gasteiger partial charge in [0.15, 0.2) is 11.4 Å². The Hall–Kier alpha value is -2.90. The molecule has 0 N–H and O–H groups in total. The first-order chi connectivity index (χ1) is 11.6. The molecule has 0 aliphatic carbocycles. The van der Waals surface area contributed by atoms with Crippen molar-refractivity contribution >= 4 is 11.6 Å². The summed E-state index contributed by atoms with van der Waals surface area (Å²) < 4.78 is 10.2. The lowest BCUT2D eigenvalue weighted by Crippen LogP contribution is -2.26. The third-order valence-electron chi connectivity index (χ3n) is 3.67. The minimum atomic E-state index is -0.516. The fourth-order valence-electron chi connectivity index (χ4n) is 2.25. The number of hydrogen-bond acceptors (Lipinski definition) is 6. The number of methoxy groups -OCH3 is 1. The quantitative estimate of drug-likeness (QED) is 0.608. The van der Waals surface area contributed by atoms with E-state index in [9.17, 15) is 14.9 Å². The zero-order chi connectivity index (χ0) is 18.8. The summed E-state index contributed by atoms with van der Waals surface area (Å²) in [5.74, 6) is 0.469. The molecule has 1 amide bonds. The SMILES string of the molecule is COc1ccc(CN(C)C(=O)c2cc(C(C)(C)C)on2)cc1[N+](=O)[O-]. The van der Waals surface area contributed by atoms with Crippen molar-refractivity contribution in [1.29, 1.82) is 0 Å². The predicted molar refractivity (Wildman–Crippen MR) is 90.6 cm³/mol. The van der Waals surface area contributed by atoms with Gasteiger partial charge in [0.25, 0.3) is 5.91 Å². The van der Waals surface area contributed by atoms with E-state index in [-0.39, 0.29) is 35.0 Å². The van der Waals surface area contributed by atoms with Crippen LogP contribution in [0.3, 0.4) is 0 Å². The molecule has 0 bridgehead atoms. The minimum Gasteiger partial charge on any atom is -0.490 e. The fraction of sp³-hybridized carbons (Fsp3) is 0.412. The normalized spacial score (nSPS) is 11.2. The van der Waals surface area contributed by atoms with Gasteiger partial charge in [-0.1, -0.05) is 32.0 Å². The van der Waals surface area contributed by atoms with Crippen LogP contribution in [0.15, 0.2) is 28.8 Å². The van der Waals surface area contributed by atoms with Gasteiger partial charge in [-0.3, -0.25) is 14.9 Å². The highest BCUT2D eigenvalue weighted by Crippen LogP contribution is 2.28. The Labute approximate surface area is 145 Å². The number of nitro benzene ring substituents is 1. The number of aromatic nitrogens is 1. The topological polar surface area (TPSA) is 98.7 Å². The molecule has 0 unspecified atom stereocenters. The maximum Gasteiger partial charge on any atom is 0.311 e. The molecule has 0 spiro atoms. The van der Waals surface area contributed by atoms with Gasteiger partial charge in [0, 0.05) is 31.1 Å². The molecule has 0 fully saturated rings. The first-order valence-corrected chi connectivity index (χ1v) is 7.67. The van der Waals surface area contributed by atoms with Crippen LogP contribution in [0.1, 0.15) is 42.6 Å². The Balaban J connectivity index is 2.17. The van der Waals surface area contributed by atoms with Gasteiger partial charge in [-0.05, 0) is 11.6 Å². The summed E-state index contributed by atoms with van der Waals surface area (Å²) in [5, 5.41) is 14.9. The van der Waals surface area contributed by atoms with Crippen LogP contribution < -0.4 is 4.74 Å². The molecule has 0 saturated carbocycles. The summed E-state index contributed by atoms with van der Waals surface area (Å²) in [6, 6.07) is 6.21. The molecule has 8 nitrogen and oxygen atoms in total. The third kappa shape index (κ3) is 4.14. The van der Waals surface area contributed by atoms with Crippen molar-refractivity contribution in [2.24, 2.45) is 0 Å². The van der Waals surface area contributed by atoms with Crippen LogP contribution in [-0.2, 0) is 12.0 Å². The average Bonchev–Trinajstić information content (AvgIpc) is 3.04. The molecule has 1 heterocycles. The number of benzene rings is 1. The first kappa shape index (κ1) is 18.4. The molecule has 2 aromatic rings. The smallest absolute Gasteiger partial charge is 0.311 e. The molecule has 0 aliphatic heterocycles. The molecule has 1 aromatic heterocycles. The molecule has 0 atom stereocenters. The van der Waals surface area contributed by atoms with E-state index in [4.69, 9.17) is 9.26 Å². The highest BCUT2D eigenvalue weighted by Gasteiger charge is 2.24. The van der Waals surface area contributed by atoms with Gasteiger partial charge in [-0.15, -0.1) is 0 Å². The Morgan fingerprint density at radius 1 is 1.36 bits per heavy atom. The van der Waals surface area contributed by atoms with Crippen molar-refractivity contribution in [3.63, 3.8) is 0 Å². The van der Waals surface area contributed by atoms with E-state index in [1.165, 1.54) is 24.1 Å². The van der Waals surface area contributed by atoms with Crippen LogP contribution in [0.5, 0.6) is 5.75 Å². The number of nitro groups is 1. The van der Waals surface area contributed by atoms with E-state index in [1.54, 1.807) is 19.2 Å². The summed E-state index contributed by atoms with van der Waals surface area (Å²) >= 11 is 0. The van der Waals surface area contributed by atoms with Crippen molar-refractivity contribution in [3.8, 4) is 5.75 Å². The maximum absolute atomic E-state index is 12.5. The van der Waals surface area contributed by atoms with Crippen molar-refractivity contribution in [3.05, 3.63) is 51.4 Å². The zero-order valence-electron chi connectivity index (χ0n) is 14.9. The summed E-state index contributed by atoms with van der Waals surface area (Å²) in [5.41, 5.74) is 0.427. The molecule has 134 valence electrons. The summed E-state index contributed by atoms with van der Waals surface area (Å²) in [6.07, 6.45) is 0. The molecule has 0 aliphatic rings. The number of rotatable bonds is 5. The molecular weight excluding hydrogens is 326 g/mol.